The molecule has 0 atom stereocenters. The lowest BCUT2D eigenvalue weighted by Crippen LogP contribution is -2.37. The molecule has 114 valence electrons. The molecule has 2 rings (SSSR count). The largest absolute Gasteiger partial charge is 0.356 e. The van der Waals surface area contributed by atoms with Crippen LogP contribution >= 0.6 is 24.0 Å². The molecule has 0 aromatic carbocycles. The van der Waals surface area contributed by atoms with E-state index in [1.54, 1.807) is 19.4 Å². The molecule has 0 aliphatic carbocycles. The third-order valence-electron chi connectivity index (χ3n) is 2.80. The minimum Gasteiger partial charge on any atom is -0.356 e. The molecular formula is C14H21IN6. The first-order valence-corrected chi connectivity index (χ1v) is 6.70. The van der Waals surface area contributed by atoms with Gasteiger partial charge in [0.05, 0.1) is 12.2 Å². The zero-order valence-corrected chi connectivity index (χ0v) is 14.4. The molecule has 2 aromatic rings. The Kier molecular flexibility index (Phi) is 8.41. The van der Waals surface area contributed by atoms with Gasteiger partial charge >= 0.3 is 0 Å². The number of nitrogens with one attached hydrogen (secondary N) is 2. The van der Waals surface area contributed by atoms with Crippen molar-refractivity contribution >= 4 is 29.9 Å². The summed E-state index contributed by atoms with van der Waals surface area (Å²) in [5.41, 5.74) is 0.993. The zero-order valence-electron chi connectivity index (χ0n) is 12.1. The molecule has 0 bridgehead atoms. The molecule has 0 saturated carbocycles. The Morgan fingerprint density at radius 3 is 2.81 bits per heavy atom. The first-order chi connectivity index (χ1) is 9.88. The molecule has 0 unspecified atom stereocenters. The number of hydrogen-bond acceptors (Lipinski definition) is 3. The normalized spacial score (nSPS) is 10.8. The van der Waals surface area contributed by atoms with Crippen LogP contribution in [0.1, 0.15) is 12.1 Å². The maximum absolute atomic E-state index is 4.26. The summed E-state index contributed by atoms with van der Waals surface area (Å²) in [6.45, 7) is 2.42. The summed E-state index contributed by atoms with van der Waals surface area (Å²) in [5.74, 6) is 0.788. The number of rotatable bonds is 6. The molecule has 0 aliphatic heterocycles. The van der Waals surface area contributed by atoms with Gasteiger partial charge in [0, 0.05) is 38.7 Å². The summed E-state index contributed by atoms with van der Waals surface area (Å²) in [6.07, 6.45) is 6.54. The van der Waals surface area contributed by atoms with Gasteiger partial charge in [-0.25, -0.2) is 0 Å². The zero-order chi connectivity index (χ0) is 14.0. The average molecular weight is 400 g/mol. The van der Waals surface area contributed by atoms with E-state index in [1.165, 1.54) is 0 Å². The van der Waals surface area contributed by atoms with Crippen molar-refractivity contribution in [2.24, 2.45) is 4.99 Å². The maximum Gasteiger partial charge on any atom is 0.191 e. The van der Waals surface area contributed by atoms with E-state index in [9.17, 15) is 0 Å². The van der Waals surface area contributed by atoms with Crippen molar-refractivity contribution in [2.45, 2.75) is 19.5 Å². The predicted molar refractivity (Wildman–Crippen MR) is 94.7 cm³/mol. The molecule has 6 nitrogen and oxygen atoms in total. The Morgan fingerprint density at radius 2 is 2.14 bits per heavy atom. The first-order valence-electron chi connectivity index (χ1n) is 6.70. The number of guanidine groups is 1. The molecule has 21 heavy (non-hydrogen) atoms. The van der Waals surface area contributed by atoms with Crippen LogP contribution in [-0.4, -0.2) is 34.3 Å². The summed E-state index contributed by atoms with van der Waals surface area (Å²) in [6, 6.07) is 7.80. The van der Waals surface area contributed by atoms with Crippen molar-refractivity contribution in [1.82, 2.24) is 25.4 Å². The molecule has 7 heteroatoms. The second kappa shape index (κ2) is 10.1. The Balaban J connectivity index is 0.00000220. The molecule has 2 heterocycles. The topological polar surface area (TPSA) is 67.1 Å². The Labute approximate surface area is 142 Å². The highest BCUT2D eigenvalue weighted by molar-refractivity contribution is 14.0. The third-order valence-corrected chi connectivity index (χ3v) is 2.80. The van der Waals surface area contributed by atoms with E-state index in [0.717, 1.165) is 31.2 Å². The van der Waals surface area contributed by atoms with Crippen LogP contribution in [-0.2, 0) is 13.1 Å². The maximum atomic E-state index is 4.26. The van der Waals surface area contributed by atoms with Crippen molar-refractivity contribution in [3.05, 3.63) is 48.5 Å². The fourth-order valence-electron chi connectivity index (χ4n) is 1.78. The van der Waals surface area contributed by atoms with Crippen molar-refractivity contribution in [3.8, 4) is 0 Å². The van der Waals surface area contributed by atoms with E-state index >= 15 is 0 Å². The summed E-state index contributed by atoms with van der Waals surface area (Å²) in [4.78, 5) is 8.44. The second-order valence-corrected chi connectivity index (χ2v) is 4.30. The average Bonchev–Trinajstić information content (AvgIpc) is 3.01. The van der Waals surface area contributed by atoms with E-state index in [2.05, 4.69) is 25.7 Å². The van der Waals surface area contributed by atoms with Crippen molar-refractivity contribution in [1.29, 1.82) is 0 Å². The molecule has 0 saturated heterocycles. The molecular weight excluding hydrogens is 379 g/mol. The molecule has 0 amide bonds. The van der Waals surface area contributed by atoms with Crippen LogP contribution in [0.4, 0.5) is 0 Å². The lowest BCUT2D eigenvalue weighted by Gasteiger charge is -2.11. The monoisotopic (exact) mass is 400 g/mol. The van der Waals surface area contributed by atoms with Crippen molar-refractivity contribution < 1.29 is 0 Å². The number of hydrogen-bond donors (Lipinski definition) is 2. The minimum atomic E-state index is 0. The number of aromatic nitrogens is 3. The molecule has 2 N–H and O–H groups in total. The van der Waals surface area contributed by atoms with Crippen LogP contribution in [0.3, 0.4) is 0 Å². The lowest BCUT2D eigenvalue weighted by molar-refractivity contribution is 0.570. The van der Waals surface area contributed by atoms with Crippen LogP contribution in [0, 0.1) is 0 Å². The van der Waals surface area contributed by atoms with Crippen LogP contribution in [0.25, 0.3) is 0 Å². The van der Waals surface area contributed by atoms with Gasteiger partial charge < -0.3 is 10.6 Å². The number of aryl methyl sites for hydroxylation is 1. The summed E-state index contributed by atoms with van der Waals surface area (Å²) in [7, 11) is 1.77. The van der Waals surface area contributed by atoms with Crippen molar-refractivity contribution in [3.63, 3.8) is 0 Å². The first kappa shape index (κ1) is 17.4. The Bertz CT molecular complexity index is 512. The lowest BCUT2D eigenvalue weighted by atomic mass is 10.3. The van der Waals surface area contributed by atoms with Gasteiger partial charge in [0.25, 0.3) is 0 Å². The fraction of sp³-hybridized carbons (Fsp3) is 0.357. The van der Waals surface area contributed by atoms with Crippen LogP contribution in [0.15, 0.2) is 47.8 Å². The molecule has 2 aromatic heterocycles. The number of nitrogens with zero attached hydrogens (tertiary/aromatic N) is 4. The van der Waals surface area contributed by atoms with E-state index in [0.29, 0.717) is 6.54 Å². The molecule has 0 aliphatic rings. The summed E-state index contributed by atoms with van der Waals surface area (Å²) in [5, 5.41) is 10.7. The van der Waals surface area contributed by atoms with Gasteiger partial charge in [-0.2, -0.15) is 5.10 Å². The van der Waals surface area contributed by atoms with Gasteiger partial charge in [0.15, 0.2) is 5.96 Å². The summed E-state index contributed by atoms with van der Waals surface area (Å²) >= 11 is 0. The van der Waals surface area contributed by atoms with Crippen LogP contribution in [0.2, 0.25) is 0 Å². The van der Waals surface area contributed by atoms with E-state index in [4.69, 9.17) is 0 Å². The Morgan fingerprint density at radius 1 is 1.24 bits per heavy atom. The second-order valence-electron chi connectivity index (χ2n) is 4.30. The number of pyridine rings is 1. The van der Waals surface area contributed by atoms with Gasteiger partial charge in [0.2, 0.25) is 0 Å². The van der Waals surface area contributed by atoms with Crippen molar-refractivity contribution in [2.75, 3.05) is 13.6 Å². The van der Waals surface area contributed by atoms with E-state index in [-0.39, 0.29) is 24.0 Å². The smallest absolute Gasteiger partial charge is 0.191 e. The highest BCUT2D eigenvalue weighted by atomic mass is 127. The van der Waals surface area contributed by atoms with Gasteiger partial charge in [-0.3, -0.25) is 14.7 Å². The summed E-state index contributed by atoms with van der Waals surface area (Å²) < 4.78 is 1.92. The van der Waals surface area contributed by atoms with E-state index in [1.807, 2.05) is 35.1 Å². The third kappa shape index (κ3) is 6.56. The quantitative estimate of drug-likeness (QED) is 0.335. The standard InChI is InChI=1S/C14H20N6.HI/c1-15-14(18-12-13-6-2-3-7-16-13)17-8-4-10-20-11-5-9-19-20;/h2-3,5-7,9,11H,4,8,10,12H2,1H3,(H2,15,17,18);1H. The van der Waals surface area contributed by atoms with Gasteiger partial charge in [-0.15, -0.1) is 24.0 Å². The molecule has 0 fully saturated rings. The number of halogens is 1. The Hall–Kier alpha value is -1.64. The molecule has 0 radical (unpaired) electrons. The van der Waals surface area contributed by atoms with Crippen LogP contribution in [0.5, 0.6) is 0 Å². The van der Waals surface area contributed by atoms with Gasteiger partial charge in [-0.05, 0) is 24.6 Å². The van der Waals surface area contributed by atoms with E-state index < -0.39 is 0 Å². The SMILES string of the molecule is CN=C(NCCCn1cccn1)NCc1ccccn1.I. The predicted octanol–water partition coefficient (Wildman–Crippen LogP) is 1.65. The number of aliphatic imine (C=N–C) groups is 1. The fourth-order valence-corrected chi connectivity index (χ4v) is 1.78. The highest BCUT2D eigenvalue weighted by Gasteiger charge is 1.98. The van der Waals surface area contributed by atoms with Crippen LogP contribution < -0.4 is 10.6 Å². The minimum absolute atomic E-state index is 0. The van der Waals surface area contributed by atoms with Gasteiger partial charge in [-0.1, -0.05) is 6.07 Å². The van der Waals surface area contributed by atoms with Gasteiger partial charge in [0.1, 0.15) is 0 Å². The highest BCUT2D eigenvalue weighted by Crippen LogP contribution is 1.92. The molecule has 0 spiro atoms.